The van der Waals surface area contributed by atoms with Gasteiger partial charge >= 0.3 is 6.18 Å². The highest BCUT2D eigenvalue weighted by atomic mass is 19.4. The van der Waals surface area contributed by atoms with Crippen LogP contribution in [0.25, 0.3) is 0 Å². The van der Waals surface area contributed by atoms with Gasteiger partial charge in [-0.1, -0.05) is 6.07 Å². The Morgan fingerprint density at radius 2 is 1.91 bits per heavy atom. The number of hydrogen-bond acceptors (Lipinski definition) is 3. The molecule has 1 N–H and O–H groups in total. The molecule has 1 aliphatic rings. The highest BCUT2D eigenvalue weighted by Gasteiger charge is 2.30. The number of benzene rings is 1. The minimum atomic E-state index is -4.09. The van der Waals surface area contributed by atoms with Gasteiger partial charge in [0, 0.05) is 37.9 Å². The number of aryl methyl sites for hydroxylation is 1. The molecular weight excluding hydrogens is 305 g/mol. The van der Waals surface area contributed by atoms with Crippen molar-refractivity contribution in [2.24, 2.45) is 0 Å². The normalized spacial score (nSPS) is 20.1. The fourth-order valence-electron chi connectivity index (χ4n) is 3.18. The van der Waals surface area contributed by atoms with E-state index in [0.717, 1.165) is 22.4 Å². The van der Waals surface area contributed by atoms with Gasteiger partial charge in [0.15, 0.2) is 0 Å². The van der Waals surface area contributed by atoms with E-state index in [1.165, 1.54) is 0 Å². The molecule has 2 rings (SSSR count). The second kappa shape index (κ2) is 7.09. The molecule has 3 nitrogen and oxygen atoms in total. The molecule has 1 saturated heterocycles. The molecule has 0 aliphatic carbocycles. The van der Waals surface area contributed by atoms with E-state index in [-0.39, 0.29) is 19.2 Å². The Hall–Kier alpha value is -1.27. The number of anilines is 1. The summed E-state index contributed by atoms with van der Waals surface area (Å²) in [5, 5.41) is 9.40. The fourth-order valence-corrected chi connectivity index (χ4v) is 3.18. The van der Waals surface area contributed by atoms with Gasteiger partial charge in [0.1, 0.15) is 0 Å². The van der Waals surface area contributed by atoms with Crippen LogP contribution in [0, 0.1) is 13.8 Å². The Morgan fingerprint density at radius 1 is 1.22 bits per heavy atom. The smallest absolute Gasteiger partial charge is 0.390 e. The average Bonchev–Trinajstić information content (AvgIpc) is 2.47. The predicted octanol–water partition coefficient (Wildman–Crippen LogP) is 3.26. The molecule has 0 aromatic heterocycles. The van der Waals surface area contributed by atoms with Crippen LogP contribution in [0.4, 0.5) is 18.9 Å². The van der Waals surface area contributed by atoms with E-state index in [0.29, 0.717) is 19.6 Å². The van der Waals surface area contributed by atoms with Crippen LogP contribution in [0.1, 0.15) is 30.0 Å². The lowest BCUT2D eigenvalue weighted by molar-refractivity contribution is -0.138. The summed E-state index contributed by atoms with van der Waals surface area (Å²) in [5.74, 6) is 0. The maximum absolute atomic E-state index is 12.4. The summed E-state index contributed by atoms with van der Waals surface area (Å²) < 4.78 is 37.1. The van der Waals surface area contributed by atoms with E-state index in [4.69, 9.17) is 0 Å². The van der Waals surface area contributed by atoms with Gasteiger partial charge in [-0.2, -0.15) is 13.2 Å². The van der Waals surface area contributed by atoms with Gasteiger partial charge in [-0.3, -0.25) is 4.90 Å². The molecule has 1 aromatic rings. The van der Waals surface area contributed by atoms with E-state index in [9.17, 15) is 18.3 Å². The van der Waals surface area contributed by atoms with Crippen molar-refractivity contribution in [2.45, 2.75) is 46.0 Å². The van der Waals surface area contributed by atoms with Gasteiger partial charge in [0.25, 0.3) is 0 Å². The molecule has 0 saturated carbocycles. The van der Waals surface area contributed by atoms with E-state index in [1.807, 2.05) is 30.9 Å². The maximum Gasteiger partial charge on any atom is 0.390 e. The number of alkyl halides is 3. The van der Waals surface area contributed by atoms with Crippen LogP contribution < -0.4 is 4.90 Å². The molecule has 1 atom stereocenters. The van der Waals surface area contributed by atoms with Crippen LogP contribution in [-0.4, -0.2) is 48.4 Å². The Kier molecular flexibility index (Phi) is 5.57. The lowest BCUT2D eigenvalue weighted by Gasteiger charge is -2.42. The molecule has 1 aromatic carbocycles. The van der Waals surface area contributed by atoms with Crippen LogP contribution in [-0.2, 0) is 6.61 Å². The third-order valence-corrected chi connectivity index (χ3v) is 4.61. The number of hydrogen-bond donors (Lipinski definition) is 1. The van der Waals surface area contributed by atoms with Gasteiger partial charge in [-0.15, -0.1) is 0 Å². The number of nitrogens with zero attached hydrogens (tertiary/aromatic N) is 2. The molecule has 0 bridgehead atoms. The average molecular weight is 330 g/mol. The van der Waals surface area contributed by atoms with Gasteiger partial charge in [0.05, 0.1) is 13.0 Å². The molecule has 1 heterocycles. The highest BCUT2D eigenvalue weighted by molar-refractivity contribution is 5.59. The van der Waals surface area contributed by atoms with Crippen molar-refractivity contribution in [1.82, 2.24) is 4.90 Å². The molecule has 0 radical (unpaired) electrons. The minimum absolute atomic E-state index is 0.00590. The monoisotopic (exact) mass is 330 g/mol. The van der Waals surface area contributed by atoms with Crippen LogP contribution >= 0.6 is 0 Å². The summed E-state index contributed by atoms with van der Waals surface area (Å²) in [6.07, 6.45) is -4.85. The van der Waals surface area contributed by atoms with Crippen molar-refractivity contribution < 1.29 is 18.3 Å². The molecule has 6 heteroatoms. The molecular formula is C17H25F3N2O. The summed E-state index contributed by atoms with van der Waals surface area (Å²) in [6, 6.07) is 4.11. The zero-order chi connectivity index (χ0) is 17.2. The standard InChI is InChI=1S/C17H25F3N2O/c1-12-8-15(11-23)9-16(14(12)3)22-7-6-21(10-13(22)2)5-4-17(18,19)20/h8-9,13,23H,4-7,10-11H2,1-3H3/t13-/m1/s1. The second-order valence-electron chi connectivity index (χ2n) is 6.42. The molecule has 0 amide bonds. The molecule has 130 valence electrons. The number of rotatable bonds is 4. The van der Waals surface area contributed by atoms with Crippen LogP contribution in [0.2, 0.25) is 0 Å². The van der Waals surface area contributed by atoms with Crippen molar-refractivity contribution in [3.63, 3.8) is 0 Å². The summed E-state index contributed by atoms with van der Waals surface area (Å²) >= 11 is 0. The Bertz CT molecular complexity index is 545. The number of halogens is 3. The van der Waals surface area contributed by atoms with Crippen LogP contribution in [0.5, 0.6) is 0 Å². The summed E-state index contributed by atoms with van der Waals surface area (Å²) in [4.78, 5) is 4.12. The first-order valence-electron chi connectivity index (χ1n) is 7.98. The van der Waals surface area contributed by atoms with Crippen LogP contribution in [0.3, 0.4) is 0 Å². The summed E-state index contributed by atoms with van der Waals surface area (Å²) in [5.41, 5.74) is 4.24. The third-order valence-electron chi connectivity index (χ3n) is 4.61. The van der Waals surface area contributed by atoms with Gasteiger partial charge in [-0.05, 0) is 43.5 Å². The van der Waals surface area contributed by atoms with Gasteiger partial charge in [-0.25, -0.2) is 0 Å². The lowest BCUT2D eigenvalue weighted by atomic mass is 10.0. The minimum Gasteiger partial charge on any atom is -0.392 e. The first-order chi connectivity index (χ1) is 10.7. The van der Waals surface area contributed by atoms with E-state index in [2.05, 4.69) is 11.8 Å². The van der Waals surface area contributed by atoms with Gasteiger partial charge < -0.3 is 10.0 Å². The van der Waals surface area contributed by atoms with E-state index < -0.39 is 12.6 Å². The SMILES string of the molecule is Cc1cc(CO)cc(N2CCN(CCC(F)(F)F)C[C@H]2C)c1C. The molecule has 1 fully saturated rings. The van der Waals surface area contributed by atoms with Crippen molar-refractivity contribution in [3.8, 4) is 0 Å². The van der Waals surface area contributed by atoms with Crippen molar-refractivity contribution in [3.05, 3.63) is 28.8 Å². The zero-order valence-corrected chi connectivity index (χ0v) is 14.0. The van der Waals surface area contributed by atoms with Crippen LogP contribution in [0.15, 0.2) is 12.1 Å². The summed E-state index contributed by atoms with van der Waals surface area (Å²) in [7, 11) is 0. The Labute approximate surface area is 135 Å². The maximum atomic E-state index is 12.4. The van der Waals surface area contributed by atoms with Crippen molar-refractivity contribution in [2.75, 3.05) is 31.1 Å². The largest absolute Gasteiger partial charge is 0.392 e. The van der Waals surface area contributed by atoms with Crippen molar-refractivity contribution >= 4 is 5.69 Å². The lowest BCUT2D eigenvalue weighted by Crippen LogP contribution is -2.52. The van der Waals surface area contributed by atoms with E-state index in [1.54, 1.807) is 0 Å². The number of aliphatic hydroxyl groups excluding tert-OH is 1. The topological polar surface area (TPSA) is 26.7 Å². The second-order valence-corrected chi connectivity index (χ2v) is 6.42. The van der Waals surface area contributed by atoms with Crippen molar-refractivity contribution in [1.29, 1.82) is 0 Å². The Balaban J connectivity index is 2.08. The van der Waals surface area contributed by atoms with Gasteiger partial charge in [0.2, 0.25) is 0 Å². The third kappa shape index (κ3) is 4.61. The predicted molar refractivity (Wildman–Crippen MR) is 85.8 cm³/mol. The first-order valence-corrected chi connectivity index (χ1v) is 7.98. The van der Waals surface area contributed by atoms with E-state index >= 15 is 0 Å². The zero-order valence-electron chi connectivity index (χ0n) is 14.0. The number of piperazine rings is 1. The summed E-state index contributed by atoms with van der Waals surface area (Å²) in [6.45, 7) is 8.12. The molecule has 1 aliphatic heterocycles. The fraction of sp³-hybridized carbons (Fsp3) is 0.647. The molecule has 0 spiro atoms. The first kappa shape index (κ1) is 18.1. The highest BCUT2D eigenvalue weighted by Crippen LogP contribution is 2.29. The molecule has 23 heavy (non-hydrogen) atoms. The molecule has 0 unspecified atom stereocenters. The Morgan fingerprint density at radius 3 is 2.48 bits per heavy atom. The number of aliphatic hydroxyl groups is 1. The quantitative estimate of drug-likeness (QED) is 0.918.